The van der Waals surface area contributed by atoms with Gasteiger partial charge in [0.2, 0.25) is 0 Å². The van der Waals surface area contributed by atoms with Crippen LogP contribution in [0.5, 0.6) is 0 Å². The molecule has 4 N–H and O–H groups in total. The highest BCUT2D eigenvalue weighted by atomic mass is 19.4. The maximum absolute atomic E-state index is 13.2. The van der Waals surface area contributed by atoms with Crippen molar-refractivity contribution in [3.05, 3.63) is 35.4 Å². The Kier molecular flexibility index (Phi) is 4.12. The normalized spacial score (nSPS) is 25.7. The van der Waals surface area contributed by atoms with Crippen molar-refractivity contribution in [2.45, 2.75) is 11.7 Å². The van der Waals surface area contributed by atoms with Crippen LogP contribution in [-0.4, -0.2) is 35.4 Å². The molecule has 1 aliphatic heterocycles. The summed E-state index contributed by atoms with van der Waals surface area (Å²) in [6.07, 6.45) is -4.80. The second-order valence-electron chi connectivity index (χ2n) is 4.86. The topological polar surface area (TPSA) is 98.7 Å². The van der Waals surface area contributed by atoms with E-state index in [9.17, 15) is 33.0 Å². The van der Waals surface area contributed by atoms with E-state index in [2.05, 4.69) is 10.6 Å². The van der Waals surface area contributed by atoms with Crippen LogP contribution in [0.15, 0.2) is 24.3 Å². The van der Waals surface area contributed by atoms with Gasteiger partial charge in [-0.25, -0.2) is 4.79 Å². The summed E-state index contributed by atoms with van der Waals surface area (Å²) in [6, 6.07) is 4.10. The Balaban J connectivity index is 2.72. The molecule has 0 radical (unpaired) electrons. The molecular weight excluding hydrogens is 305 g/mol. The molecule has 1 heterocycles. The molecule has 1 saturated heterocycles. The number of carboxylic acids is 2. The van der Waals surface area contributed by atoms with Gasteiger partial charge in [-0.15, -0.1) is 0 Å². The van der Waals surface area contributed by atoms with Crippen LogP contribution in [0.25, 0.3) is 0 Å². The van der Waals surface area contributed by atoms with Gasteiger partial charge in [0.25, 0.3) is 0 Å². The smallest absolute Gasteiger partial charge is 0.416 e. The first-order chi connectivity index (χ1) is 10.2. The second kappa shape index (κ2) is 5.58. The molecule has 0 spiro atoms. The van der Waals surface area contributed by atoms with Crippen molar-refractivity contribution in [2.75, 3.05) is 13.2 Å². The predicted octanol–water partition coefficient (Wildman–Crippen LogP) is 0.836. The second-order valence-corrected chi connectivity index (χ2v) is 4.86. The van der Waals surface area contributed by atoms with E-state index >= 15 is 0 Å². The summed E-state index contributed by atoms with van der Waals surface area (Å²) in [6.45, 7) is -0.386. The van der Waals surface area contributed by atoms with Crippen molar-refractivity contribution in [1.82, 2.24) is 10.6 Å². The number of carboxylic acid groups (broad SMARTS) is 2. The molecule has 0 bridgehead atoms. The number of carbonyl (C=O) groups is 2. The summed E-state index contributed by atoms with van der Waals surface area (Å²) in [5, 5.41) is 23.8. The average molecular weight is 318 g/mol. The van der Waals surface area contributed by atoms with Crippen LogP contribution in [0.2, 0.25) is 0 Å². The molecule has 6 nitrogen and oxygen atoms in total. The number of benzene rings is 1. The fraction of sp³-hybridized carbons (Fsp3) is 0.385. The fourth-order valence-corrected chi connectivity index (χ4v) is 2.66. The van der Waals surface area contributed by atoms with Gasteiger partial charge in [-0.2, -0.15) is 13.2 Å². The van der Waals surface area contributed by atoms with E-state index in [0.29, 0.717) is 0 Å². The molecule has 22 heavy (non-hydrogen) atoms. The van der Waals surface area contributed by atoms with Gasteiger partial charge in [-0.05, 0) is 11.6 Å². The minimum atomic E-state index is -4.80. The fourth-order valence-electron chi connectivity index (χ4n) is 2.66. The maximum Gasteiger partial charge on any atom is 0.416 e. The Bertz CT molecular complexity index is 605. The van der Waals surface area contributed by atoms with Gasteiger partial charge < -0.3 is 15.5 Å². The number of halogens is 3. The minimum absolute atomic E-state index is 0.123. The zero-order valence-electron chi connectivity index (χ0n) is 11.1. The first kappa shape index (κ1) is 16.2. The summed E-state index contributed by atoms with van der Waals surface area (Å²) in [4.78, 5) is 23.1. The third kappa shape index (κ3) is 2.53. The molecule has 1 fully saturated rings. The standard InChI is InChI=1S/C13H13F3N2O4/c14-13(15,16)8-4-2-1-3-7(8)12(11(21)22)9(10(19)20)5-17-6-18-12/h1-4,9,17-18H,5-6H2,(H,19,20)(H,21,22). The highest BCUT2D eigenvalue weighted by molar-refractivity contribution is 5.89. The predicted molar refractivity (Wildman–Crippen MR) is 67.9 cm³/mol. The lowest BCUT2D eigenvalue weighted by atomic mass is 9.74. The van der Waals surface area contributed by atoms with E-state index < -0.39 is 40.7 Å². The molecule has 2 rings (SSSR count). The van der Waals surface area contributed by atoms with Gasteiger partial charge >= 0.3 is 18.1 Å². The molecule has 9 heteroatoms. The number of rotatable bonds is 3. The van der Waals surface area contributed by atoms with E-state index in [0.717, 1.165) is 18.2 Å². The highest BCUT2D eigenvalue weighted by Crippen LogP contribution is 2.40. The largest absolute Gasteiger partial charge is 0.481 e. The summed E-state index contributed by atoms with van der Waals surface area (Å²) in [7, 11) is 0. The van der Waals surface area contributed by atoms with Gasteiger partial charge in [-0.1, -0.05) is 18.2 Å². The summed E-state index contributed by atoms with van der Waals surface area (Å²) < 4.78 is 39.5. The Morgan fingerprint density at radius 2 is 1.86 bits per heavy atom. The van der Waals surface area contributed by atoms with E-state index in [1.807, 2.05) is 0 Å². The van der Waals surface area contributed by atoms with Gasteiger partial charge in [0, 0.05) is 13.2 Å². The first-order valence-electron chi connectivity index (χ1n) is 6.30. The third-order valence-electron chi connectivity index (χ3n) is 3.66. The number of alkyl halides is 3. The van der Waals surface area contributed by atoms with Crippen LogP contribution in [0.3, 0.4) is 0 Å². The van der Waals surface area contributed by atoms with Gasteiger partial charge in [0.05, 0.1) is 5.56 Å². The van der Waals surface area contributed by atoms with Crippen molar-refractivity contribution >= 4 is 11.9 Å². The van der Waals surface area contributed by atoms with E-state index in [1.54, 1.807) is 0 Å². The summed E-state index contributed by atoms with van der Waals surface area (Å²) in [5.74, 6) is -4.76. The molecule has 2 unspecified atom stereocenters. The minimum Gasteiger partial charge on any atom is -0.481 e. The lowest BCUT2D eigenvalue weighted by Crippen LogP contribution is -2.65. The summed E-state index contributed by atoms with van der Waals surface area (Å²) >= 11 is 0. The summed E-state index contributed by atoms with van der Waals surface area (Å²) in [5.41, 5.74) is -4.13. The lowest BCUT2D eigenvalue weighted by Gasteiger charge is -2.41. The van der Waals surface area contributed by atoms with Crippen molar-refractivity contribution < 1.29 is 33.0 Å². The zero-order chi connectivity index (χ0) is 16.5. The molecule has 120 valence electrons. The Labute approximate surface area is 122 Å². The van der Waals surface area contributed by atoms with Crippen LogP contribution < -0.4 is 10.6 Å². The maximum atomic E-state index is 13.2. The SMILES string of the molecule is O=C(O)C1CNCNC1(C(=O)O)c1ccccc1C(F)(F)F. The van der Waals surface area contributed by atoms with Crippen LogP contribution in [-0.2, 0) is 21.3 Å². The monoisotopic (exact) mass is 318 g/mol. The van der Waals surface area contributed by atoms with Crippen molar-refractivity contribution in [2.24, 2.45) is 5.92 Å². The van der Waals surface area contributed by atoms with Crippen molar-refractivity contribution in [3.8, 4) is 0 Å². The van der Waals surface area contributed by atoms with Gasteiger partial charge in [0.1, 0.15) is 5.92 Å². The van der Waals surface area contributed by atoms with E-state index in [-0.39, 0.29) is 13.2 Å². The Hall–Kier alpha value is -2.13. The molecular formula is C13H13F3N2O4. The van der Waals surface area contributed by atoms with Gasteiger partial charge in [-0.3, -0.25) is 10.1 Å². The molecule has 0 aromatic heterocycles. The Morgan fingerprint density at radius 3 is 2.41 bits per heavy atom. The Morgan fingerprint density at radius 1 is 1.23 bits per heavy atom. The third-order valence-corrected chi connectivity index (χ3v) is 3.66. The van der Waals surface area contributed by atoms with Crippen LogP contribution >= 0.6 is 0 Å². The number of aliphatic carboxylic acids is 2. The highest BCUT2D eigenvalue weighted by Gasteiger charge is 2.55. The molecule has 1 aromatic rings. The molecule has 0 amide bonds. The van der Waals surface area contributed by atoms with Crippen LogP contribution in [0.4, 0.5) is 13.2 Å². The van der Waals surface area contributed by atoms with Crippen molar-refractivity contribution in [1.29, 1.82) is 0 Å². The molecule has 0 saturated carbocycles. The van der Waals surface area contributed by atoms with Crippen LogP contribution in [0, 0.1) is 5.92 Å². The molecule has 1 aromatic carbocycles. The quantitative estimate of drug-likeness (QED) is 0.659. The molecule has 2 atom stereocenters. The zero-order valence-corrected chi connectivity index (χ0v) is 11.1. The molecule has 1 aliphatic rings. The number of hydrogen-bond donors (Lipinski definition) is 4. The first-order valence-corrected chi connectivity index (χ1v) is 6.30. The van der Waals surface area contributed by atoms with E-state index in [4.69, 9.17) is 0 Å². The van der Waals surface area contributed by atoms with Crippen molar-refractivity contribution in [3.63, 3.8) is 0 Å². The molecule has 0 aliphatic carbocycles. The van der Waals surface area contributed by atoms with E-state index in [1.165, 1.54) is 6.07 Å². The number of hydrogen-bond acceptors (Lipinski definition) is 4. The number of nitrogens with one attached hydrogen (secondary N) is 2. The lowest BCUT2D eigenvalue weighted by molar-refractivity contribution is -0.161. The van der Waals surface area contributed by atoms with Gasteiger partial charge in [0.15, 0.2) is 5.54 Å². The average Bonchev–Trinajstić information content (AvgIpc) is 2.45. The van der Waals surface area contributed by atoms with Crippen LogP contribution in [0.1, 0.15) is 11.1 Å².